The van der Waals surface area contributed by atoms with E-state index in [2.05, 4.69) is 10.5 Å². The van der Waals surface area contributed by atoms with Gasteiger partial charge in [0, 0.05) is 25.6 Å². The van der Waals surface area contributed by atoms with Crippen LogP contribution in [0, 0.1) is 12.8 Å². The SMILES string of the molecule is Cc1cc(NC(=O)[C@@H]2CC(=O)N(Cc3ccccc3)C2)no1. The number of benzene rings is 1. The molecule has 22 heavy (non-hydrogen) atoms. The number of aromatic nitrogens is 1. The zero-order valence-corrected chi connectivity index (χ0v) is 12.3. The Morgan fingerprint density at radius 3 is 2.86 bits per heavy atom. The van der Waals surface area contributed by atoms with Gasteiger partial charge in [-0.25, -0.2) is 0 Å². The summed E-state index contributed by atoms with van der Waals surface area (Å²) < 4.78 is 4.91. The third-order valence-electron chi connectivity index (χ3n) is 3.68. The van der Waals surface area contributed by atoms with E-state index in [0.29, 0.717) is 24.7 Å². The molecule has 1 N–H and O–H groups in total. The van der Waals surface area contributed by atoms with Gasteiger partial charge in [0.15, 0.2) is 5.82 Å². The number of amides is 2. The van der Waals surface area contributed by atoms with Gasteiger partial charge in [0.1, 0.15) is 5.76 Å². The van der Waals surface area contributed by atoms with Crippen LogP contribution in [-0.4, -0.2) is 28.4 Å². The molecule has 1 aromatic carbocycles. The second kappa shape index (κ2) is 6.01. The molecule has 0 radical (unpaired) electrons. The molecule has 1 fully saturated rings. The Morgan fingerprint density at radius 2 is 2.18 bits per heavy atom. The number of hydrogen-bond donors (Lipinski definition) is 1. The van der Waals surface area contributed by atoms with E-state index in [9.17, 15) is 9.59 Å². The number of carbonyl (C=O) groups is 2. The van der Waals surface area contributed by atoms with Gasteiger partial charge in [-0.05, 0) is 12.5 Å². The summed E-state index contributed by atoms with van der Waals surface area (Å²) in [5.74, 6) is 0.464. The molecule has 2 amide bonds. The fraction of sp³-hybridized carbons (Fsp3) is 0.312. The molecule has 1 saturated heterocycles. The van der Waals surface area contributed by atoms with Crippen LogP contribution in [-0.2, 0) is 16.1 Å². The molecular formula is C16H17N3O3. The molecule has 0 bridgehead atoms. The predicted molar refractivity (Wildman–Crippen MR) is 79.8 cm³/mol. The normalized spacial score (nSPS) is 17.8. The molecule has 6 heteroatoms. The molecule has 2 heterocycles. The van der Waals surface area contributed by atoms with Crippen LogP contribution >= 0.6 is 0 Å². The predicted octanol–water partition coefficient (Wildman–Crippen LogP) is 1.97. The molecule has 0 saturated carbocycles. The maximum atomic E-state index is 12.2. The third-order valence-corrected chi connectivity index (χ3v) is 3.68. The van der Waals surface area contributed by atoms with Gasteiger partial charge in [0.2, 0.25) is 11.8 Å². The Morgan fingerprint density at radius 1 is 1.41 bits per heavy atom. The maximum Gasteiger partial charge on any atom is 0.231 e. The Hall–Kier alpha value is -2.63. The standard InChI is InChI=1S/C16H17N3O3/c1-11-7-14(18-22-11)17-16(21)13-8-15(20)19(10-13)9-12-5-3-2-4-6-12/h2-7,13H,8-10H2,1H3,(H,17,18,21)/t13-/m1/s1. The van der Waals surface area contributed by atoms with Crippen LogP contribution in [0.5, 0.6) is 0 Å². The van der Waals surface area contributed by atoms with Crippen molar-refractivity contribution in [2.75, 3.05) is 11.9 Å². The lowest BCUT2D eigenvalue weighted by Gasteiger charge is -2.16. The fourth-order valence-corrected chi connectivity index (χ4v) is 2.56. The Bertz CT molecular complexity index is 681. The van der Waals surface area contributed by atoms with Crippen molar-refractivity contribution in [1.82, 2.24) is 10.1 Å². The minimum Gasteiger partial charge on any atom is -0.360 e. The number of likely N-dealkylation sites (tertiary alicyclic amines) is 1. The number of hydrogen-bond acceptors (Lipinski definition) is 4. The number of nitrogens with one attached hydrogen (secondary N) is 1. The average molecular weight is 299 g/mol. The molecule has 0 aliphatic carbocycles. The second-order valence-electron chi connectivity index (χ2n) is 5.47. The minimum absolute atomic E-state index is 0.000312. The lowest BCUT2D eigenvalue weighted by Crippen LogP contribution is -2.28. The van der Waals surface area contributed by atoms with E-state index in [1.807, 2.05) is 30.3 Å². The molecule has 0 spiro atoms. The molecule has 1 aromatic heterocycles. The maximum absolute atomic E-state index is 12.2. The number of rotatable bonds is 4. The van der Waals surface area contributed by atoms with Crippen LogP contribution in [0.4, 0.5) is 5.82 Å². The monoisotopic (exact) mass is 299 g/mol. The van der Waals surface area contributed by atoms with Crippen molar-refractivity contribution in [3.63, 3.8) is 0 Å². The summed E-state index contributed by atoms with van der Waals surface area (Å²) in [4.78, 5) is 26.0. The average Bonchev–Trinajstić information content (AvgIpc) is 3.07. The van der Waals surface area contributed by atoms with Crippen LogP contribution in [0.1, 0.15) is 17.7 Å². The molecule has 1 aliphatic heterocycles. The molecule has 3 rings (SSSR count). The van der Waals surface area contributed by atoms with E-state index < -0.39 is 0 Å². The Labute approximate surface area is 128 Å². The van der Waals surface area contributed by atoms with Crippen molar-refractivity contribution in [1.29, 1.82) is 0 Å². The van der Waals surface area contributed by atoms with E-state index in [1.54, 1.807) is 17.9 Å². The number of carbonyl (C=O) groups excluding carboxylic acids is 2. The van der Waals surface area contributed by atoms with E-state index >= 15 is 0 Å². The largest absolute Gasteiger partial charge is 0.360 e. The Balaban J connectivity index is 1.60. The molecule has 2 aromatic rings. The Kier molecular flexibility index (Phi) is 3.91. The highest BCUT2D eigenvalue weighted by Crippen LogP contribution is 2.21. The first-order valence-corrected chi connectivity index (χ1v) is 7.17. The van der Waals surface area contributed by atoms with E-state index in [1.165, 1.54) is 0 Å². The van der Waals surface area contributed by atoms with Crippen LogP contribution in [0.25, 0.3) is 0 Å². The summed E-state index contributed by atoms with van der Waals surface area (Å²) in [5, 5.41) is 6.41. The van der Waals surface area contributed by atoms with Crippen LogP contribution < -0.4 is 5.32 Å². The van der Waals surface area contributed by atoms with Gasteiger partial charge in [-0.15, -0.1) is 0 Å². The lowest BCUT2D eigenvalue weighted by molar-refractivity contribution is -0.128. The summed E-state index contributed by atoms with van der Waals surface area (Å²) in [6.07, 6.45) is 0.232. The smallest absolute Gasteiger partial charge is 0.231 e. The number of nitrogens with zero attached hydrogens (tertiary/aromatic N) is 2. The number of anilines is 1. The van der Waals surface area contributed by atoms with Crippen molar-refractivity contribution in [3.05, 3.63) is 47.7 Å². The van der Waals surface area contributed by atoms with Gasteiger partial charge >= 0.3 is 0 Å². The van der Waals surface area contributed by atoms with Crippen molar-refractivity contribution < 1.29 is 14.1 Å². The van der Waals surface area contributed by atoms with Gasteiger partial charge in [0.25, 0.3) is 0 Å². The first kappa shape index (κ1) is 14.3. The first-order valence-electron chi connectivity index (χ1n) is 7.17. The molecule has 114 valence electrons. The topological polar surface area (TPSA) is 75.4 Å². The molecular weight excluding hydrogens is 282 g/mol. The molecule has 1 aliphatic rings. The summed E-state index contributed by atoms with van der Waals surface area (Å²) in [7, 11) is 0. The van der Waals surface area contributed by atoms with Crippen LogP contribution in [0.3, 0.4) is 0 Å². The van der Waals surface area contributed by atoms with Gasteiger partial charge in [-0.2, -0.15) is 0 Å². The number of aryl methyl sites for hydroxylation is 1. The first-order chi connectivity index (χ1) is 10.6. The fourth-order valence-electron chi connectivity index (χ4n) is 2.56. The van der Waals surface area contributed by atoms with Crippen molar-refractivity contribution >= 4 is 17.6 Å². The lowest BCUT2D eigenvalue weighted by atomic mass is 10.1. The van der Waals surface area contributed by atoms with Gasteiger partial charge in [0.05, 0.1) is 5.92 Å². The van der Waals surface area contributed by atoms with E-state index in [-0.39, 0.29) is 24.2 Å². The summed E-state index contributed by atoms with van der Waals surface area (Å²) in [5.41, 5.74) is 1.06. The minimum atomic E-state index is -0.354. The summed E-state index contributed by atoms with van der Waals surface area (Å²) >= 11 is 0. The summed E-state index contributed by atoms with van der Waals surface area (Å²) in [6.45, 7) is 2.71. The molecule has 0 unspecified atom stereocenters. The molecule has 1 atom stereocenters. The highest BCUT2D eigenvalue weighted by atomic mass is 16.5. The quantitative estimate of drug-likeness (QED) is 0.936. The highest BCUT2D eigenvalue weighted by molar-refractivity contribution is 5.96. The van der Waals surface area contributed by atoms with E-state index in [4.69, 9.17) is 4.52 Å². The zero-order valence-electron chi connectivity index (χ0n) is 12.3. The zero-order chi connectivity index (χ0) is 15.5. The van der Waals surface area contributed by atoms with E-state index in [0.717, 1.165) is 5.56 Å². The van der Waals surface area contributed by atoms with Crippen molar-refractivity contribution in [2.45, 2.75) is 19.9 Å². The van der Waals surface area contributed by atoms with Gasteiger partial charge in [-0.1, -0.05) is 35.5 Å². The van der Waals surface area contributed by atoms with Gasteiger partial charge in [-0.3, -0.25) is 9.59 Å². The molecule has 6 nitrogen and oxygen atoms in total. The van der Waals surface area contributed by atoms with Crippen molar-refractivity contribution in [2.24, 2.45) is 5.92 Å². The summed E-state index contributed by atoms with van der Waals surface area (Å²) in [6, 6.07) is 11.4. The van der Waals surface area contributed by atoms with Crippen LogP contribution in [0.2, 0.25) is 0 Å². The third kappa shape index (κ3) is 3.16. The second-order valence-corrected chi connectivity index (χ2v) is 5.47. The van der Waals surface area contributed by atoms with Crippen molar-refractivity contribution in [3.8, 4) is 0 Å². The highest BCUT2D eigenvalue weighted by Gasteiger charge is 2.34. The van der Waals surface area contributed by atoms with Crippen LogP contribution in [0.15, 0.2) is 40.9 Å². The van der Waals surface area contributed by atoms with Gasteiger partial charge < -0.3 is 14.7 Å².